The second-order valence-corrected chi connectivity index (χ2v) is 8.21. The third-order valence-electron chi connectivity index (χ3n) is 4.09. The summed E-state index contributed by atoms with van der Waals surface area (Å²) in [5.41, 5.74) is 1.84. The highest BCUT2D eigenvalue weighted by atomic mass is 32.2. The standard InChI is InChI=1S/C15H20N4O3S/c20-15(10-12-6-9-23(21,22)11-12)16-7-3-8-19-14-5-2-1-4-13(14)17-18-19/h1-2,4-5,12H,3,6-11H2,(H,16,20). The zero-order valence-corrected chi connectivity index (χ0v) is 13.6. The minimum Gasteiger partial charge on any atom is -0.356 e. The Hall–Kier alpha value is -1.96. The van der Waals surface area contributed by atoms with Gasteiger partial charge in [0.15, 0.2) is 9.84 Å². The van der Waals surface area contributed by atoms with Gasteiger partial charge in [0.05, 0.1) is 17.0 Å². The Kier molecular flexibility index (Phi) is 4.61. The number of nitrogens with one attached hydrogen (secondary N) is 1. The van der Waals surface area contributed by atoms with E-state index in [9.17, 15) is 13.2 Å². The number of nitrogens with zero attached hydrogens (tertiary/aromatic N) is 3. The maximum absolute atomic E-state index is 11.8. The molecule has 8 heteroatoms. The largest absolute Gasteiger partial charge is 0.356 e. The summed E-state index contributed by atoms with van der Waals surface area (Å²) < 4.78 is 24.6. The van der Waals surface area contributed by atoms with Crippen molar-refractivity contribution < 1.29 is 13.2 Å². The summed E-state index contributed by atoms with van der Waals surface area (Å²) in [6.07, 6.45) is 1.65. The number of benzene rings is 1. The van der Waals surface area contributed by atoms with E-state index in [2.05, 4.69) is 15.6 Å². The molecule has 1 aliphatic heterocycles. The maximum atomic E-state index is 11.8. The van der Waals surface area contributed by atoms with E-state index in [-0.39, 0.29) is 23.3 Å². The van der Waals surface area contributed by atoms with Crippen molar-refractivity contribution in [3.63, 3.8) is 0 Å². The first-order chi connectivity index (χ1) is 11.0. The molecule has 1 aromatic heterocycles. The van der Waals surface area contributed by atoms with Crippen LogP contribution in [-0.4, -0.2) is 47.4 Å². The van der Waals surface area contributed by atoms with Gasteiger partial charge in [-0.25, -0.2) is 13.1 Å². The molecule has 1 fully saturated rings. The Morgan fingerprint density at radius 2 is 2.17 bits per heavy atom. The Labute approximate surface area is 135 Å². The summed E-state index contributed by atoms with van der Waals surface area (Å²) in [6, 6.07) is 7.75. The van der Waals surface area contributed by atoms with E-state index in [1.807, 2.05) is 28.9 Å². The Balaban J connectivity index is 1.40. The van der Waals surface area contributed by atoms with E-state index in [4.69, 9.17) is 0 Å². The highest BCUT2D eigenvalue weighted by Crippen LogP contribution is 2.21. The lowest BCUT2D eigenvalue weighted by molar-refractivity contribution is -0.121. The molecule has 124 valence electrons. The molecule has 0 spiro atoms. The van der Waals surface area contributed by atoms with Crippen LogP contribution in [0.5, 0.6) is 0 Å². The van der Waals surface area contributed by atoms with Crippen LogP contribution in [0.1, 0.15) is 19.3 Å². The summed E-state index contributed by atoms with van der Waals surface area (Å²) in [4.78, 5) is 11.8. The number of carbonyl (C=O) groups excluding carboxylic acids is 1. The van der Waals surface area contributed by atoms with Crippen molar-refractivity contribution in [1.82, 2.24) is 20.3 Å². The summed E-state index contributed by atoms with van der Waals surface area (Å²) in [6.45, 7) is 1.23. The van der Waals surface area contributed by atoms with Gasteiger partial charge >= 0.3 is 0 Å². The van der Waals surface area contributed by atoms with Gasteiger partial charge in [-0.15, -0.1) is 5.10 Å². The smallest absolute Gasteiger partial charge is 0.220 e. The number of sulfone groups is 1. The molecule has 3 rings (SSSR count). The van der Waals surface area contributed by atoms with Gasteiger partial charge in [0.2, 0.25) is 5.91 Å². The van der Waals surface area contributed by atoms with Crippen molar-refractivity contribution >= 4 is 26.8 Å². The molecule has 0 aliphatic carbocycles. The molecule has 0 bridgehead atoms. The van der Waals surface area contributed by atoms with Crippen LogP contribution in [0.2, 0.25) is 0 Å². The number of para-hydroxylation sites is 1. The van der Waals surface area contributed by atoms with Crippen LogP contribution >= 0.6 is 0 Å². The summed E-state index contributed by atoms with van der Waals surface area (Å²) in [5.74, 6) is 0.255. The van der Waals surface area contributed by atoms with Crippen molar-refractivity contribution in [2.45, 2.75) is 25.8 Å². The molecule has 1 amide bonds. The number of aromatic nitrogens is 3. The number of aryl methyl sites for hydroxylation is 1. The number of hydrogen-bond donors (Lipinski definition) is 1. The van der Waals surface area contributed by atoms with Gasteiger partial charge in [0, 0.05) is 19.5 Å². The second-order valence-electron chi connectivity index (χ2n) is 5.98. The maximum Gasteiger partial charge on any atom is 0.220 e. The van der Waals surface area contributed by atoms with Crippen LogP contribution in [0.15, 0.2) is 24.3 Å². The van der Waals surface area contributed by atoms with Crippen LogP contribution in [0, 0.1) is 5.92 Å². The van der Waals surface area contributed by atoms with Gasteiger partial charge < -0.3 is 5.32 Å². The number of carbonyl (C=O) groups is 1. The molecule has 2 heterocycles. The summed E-state index contributed by atoms with van der Waals surface area (Å²) >= 11 is 0. The third-order valence-corrected chi connectivity index (χ3v) is 5.93. The minimum atomic E-state index is -2.92. The van der Waals surface area contributed by atoms with E-state index in [0.717, 1.165) is 17.5 Å². The zero-order valence-electron chi connectivity index (χ0n) is 12.8. The normalized spacial score (nSPS) is 19.9. The summed E-state index contributed by atoms with van der Waals surface area (Å²) in [5, 5.41) is 11.0. The molecule has 2 aromatic rings. The van der Waals surface area contributed by atoms with Gasteiger partial charge in [-0.1, -0.05) is 17.3 Å². The Morgan fingerprint density at radius 3 is 2.96 bits per heavy atom. The average molecular weight is 336 g/mol. The van der Waals surface area contributed by atoms with Crippen molar-refractivity contribution in [2.24, 2.45) is 5.92 Å². The molecule has 7 nitrogen and oxygen atoms in total. The zero-order chi connectivity index (χ0) is 16.3. The molecule has 1 saturated heterocycles. The fourth-order valence-electron chi connectivity index (χ4n) is 2.91. The van der Waals surface area contributed by atoms with Gasteiger partial charge in [-0.05, 0) is 30.9 Å². The van der Waals surface area contributed by atoms with Crippen molar-refractivity contribution in [2.75, 3.05) is 18.1 Å². The lowest BCUT2D eigenvalue weighted by Crippen LogP contribution is -2.27. The van der Waals surface area contributed by atoms with E-state index >= 15 is 0 Å². The average Bonchev–Trinajstić information content (AvgIpc) is 3.07. The highest BCUT2D eigenvalue weighted by Gasteiger charge is 2.29. The van der Waals surface area contributed by atoms with E-state index in [1.165, 1.54) is 0 Å². The minimum absolute atomic E-state index is 0.0285. The molecule has 0 saturated carbocycles. The first-order valence-electron chi connectivity index (χ1n) is 7.79. The van der Waals surface area contributed by atoms with Crippen LogP contribution < -0.4 is 5.32 Å². The van der Waals surface area contributed by atoms with Gasteiger partial charge in [0.1, 0.15) is 5.52 Å². The second kappa shape index (κ2) is 6.66. The molecule has 1 unspecified atom stereocenters. The van der Waals surface area contributed by atoms with Crippen LogP contribution in [-0.2, 0) is 21.2 Å². The van der Waals surface area contributed by atoms with E-state index in [0.29, 0.717) is 25.9 Å². The van der Waals surface area contributed by atoms with Crippen molar-refractivity contribution in [1.29, 1.82) is 0 Å². The van der Waals surface area contributed by atoms with Crippen LogP contribution in [0.4, 0.5) is 0 Å². The Bertz CT molecular complexity index is 800. The molecular formula is C15H20N4O3S. The number of rotatable bonds is 6. The third kappa shape index (κ3) is 4.07. The molecular weight excluding hydrogens is 316 g/mol. The quantitative estimate of drug-likeness (QED) is 0.786. The van der Waals surface area contributed by atoms with Gasteiger partial charge in [-0.2, -0.15) is 0 Å². The van der Waals surface area contributed by atoms with Gasteiger partial charge in [-0.3, -0.25) is 4.79 Å². The Morgan fingerprint density at radius 1 is 1.35 bits per heavy atom. The fourth-order valence-corrected chi connectivity index (χ4v) is 4.77. The summed E-state index contributed by atoms with van der Waals surface area (Å²) in [7, 11) is -2.92. The molecule has 1 aliphatic rings. The number of fused-ring (bicyclic) bond motifs is 1. The molecule has 1 N–H and O–H groups in total. The number of amides is 1. The first kappa shape index (κ1) is 15.9. The molecule has 0 radical (unpaired) electrons. The van der Waals surface area contributed by atoms with Gasteiger partial charge in [0.25, 0.3) is 0 Å². The van der Waals surface area contributed by atoms with Crippen LogP contribution in [0.3, 0.4) is 0 Å². The van der Waals surface area contributed by atoms with Crippen LogP contribution in [0.25, 0.3) is 11.0 Å². The molecule has 1 atom stereocenters. The topological polar surface area (TPSA) is 94.0 Å². The lowest BCUT2D eigenvalue weighted by Gasteiger charge is -2.08. The predicted octanol–water partition coefficient (Wildman–Crippen LogP) is 0.762. The van der Waals surface area contributed by atoms with Crippen molar-refractivity contribution in [3.05, 3.63) is 24.3 Å². The van der Waals surface area contributed by atoms with E-state index in [1.54, 1.807) is 0 Å². The highest BCUT2D eigenvalue weighted by molar-refractivity contribution is 7.91. The predicted molar refractivity (Wildman–Crippen MR) is 86.5 cm³/mol. The van der Waals surface area contributed by atoms with E-state index < -0.39 is 9.84 Å². The lowest BCUT2D eigenvalue weighted by atomic mass is 10.1. The monoisotopic (exact) mass is 336 g/mol. The molecule has 1 aromatic carbocycles. The SMILES string of the molecule is O=C(CC1CCS(=O)(=O)C1)NCCCn1nnc2ccccc21. The van der Waals surface area contributed by atoms with Crippen molar-refractivity contribution in [3.8, 4) is 0 Å². The first-order valence-corrected chi connectivity index (χ1v) is 9.61. The molecule has 23 heavy (non-hydrogen) atoms. The fraction of sp³-hybridized carbons (Fsp3) is 0.533. The number of hydrogen-bond acceptors (Lipinski definition) is 5.